The van der Waals surface area contributed by atoms with Gasteiger partial charge in [-0.05, 0) is 79.0 Å². The van der Waals surface area contributed by atoms with Gasteiger partial charge in [0.1, 0.15) is 5.75 Å². The molecule has 0 aromatic heterocycles. The number of rotatable bonds is 6. The van der Waals surface area contributed by atoms with Crippen LogP contribution in [0.4, 0.5) is 0 Å². The SMILES string of the molecule is CCCOc1ccc2ccccc2c1CNC1C2CC3CC(C2)CC1C3. The summed E-state index contributed by atoms with van der Waals surface area (Å²) in [4.78, 5) is 0. The summed E-state index contributed by atoms with van der Waals surface area (Å²) >= 11 is 0. The minimum Gasteiger partial charge on any atom is -0.493 e. The van der Waals surface area contributed by atoms with Crippen LogP contribution in [-0.2, 0) is 6.54 Å². The number of benzene rings is 2. The van der Waals surface area contributed by atoms with E-state index in [0.717, 1.165) is 55.0 Å². The minimum atomic E-state index is 0.723. The fraction of sp³-hybridized carbons (Fsp3) is 0.583. The van der Waals surface area contributed by atoms with Crippen LogP contribution in [0.2, 0.25) is 0 Å². The van der Waals surface area contributed by atoms with Gasteiger partial charge in [0.05, 0.1) is 6.61 Å². The molecule has 26 heavy (non-hydrogen) atoms. The second-order valence-corrected chi connectivity index (χ2v) is 8.95. The third kappa shape index (κ3) is 2.93. The molecule has 0 heterocycles. The van der Waals surface area contributed by atoms with E-state index < -0.39 is 0 Å². The van der Waals surface area contributed by atoms with Gasteiger partial charge in [-0.15, -0.1) is 0 Å². The Labute approximate surface area is 157 Å². The molecule has 4 fully saturated rings. The van der Waals surface area contributed by atoms with Gasteiger partial charge < -0.3 is 10.1 Å². The van der Waals surface area contributed by atoms with E-state index in [0.29, 0.717) is 0 Å². The third-order valence-electron chi connectivity index (χ3n) is 7.20. The van der Waals surface area contributed by atoms with Gasteiger partial charge in [-0.2, -0.15) is 0 Å². The summed E-state index contributed by atoms with van der Waals surface area (Å²) in [6.45, 7) is 3.91. The van der Waals surface area contributed by atoms with E-state index in [1.807, 2.05) is 0 Å². The van der Waals surface area contributed by atoms with Crippen LogP contribution >= 0.6 is 0 Å². The van der Waals surface area contributed by atoms with Crippen molar-refractivity contribution in [1.82, 2.24) is 5.32 Å². The lowest BCUT2D eigenvalue weighted by atomic mass is 9.54. The molecule has 4 bridgehead atoms. The number of ether oxygens (including phenoxy) is 1. The molecule has 138 valence electrons. The van der Waals surface area contributed by atoms with E-state index in [2.05, 4.69) is 48.6 Å². The van der Waals surface area contributed by atoms with E-state index in [9.17, 15) is 0 Å². The Bertz CT molecular complexity index is 755. The first-order valence-corrected chi connectivity index (χ1v) is 10.7. The molecule has 2 aromatic rings. The molecule has 2 heteroatoms. The molecule has 4 aliphatic rings. The highest BCUT2D eigenvalue weighted by Gasteiger charge is 2.47. The van der Waals surface area contributed by atoms with Crippen molar-refractivity contribution < 1.29 is 4.74 Å². The maximum Gasteiger partial charge on any atom is 0.124 e. The molecule has 2 nitrogen and oxygen atoms in total. The van der Waals surface area contributed by atoms with Crippen LogP contribution in [0.5, 0.6) is 5.75 Å². The van der Waals surface area contributed by atoms with Gasteiger partial charge >= 0.3 is 0 Å². The van der Waals surface area contributed by atoms with Crippen molar-refractivity contribution in [2.45, 2.75) is 58.0 Å². The number of hydrogen-bond donors (Lipinski definition) is 1. The lowest BCUT2D eigenvalue weighted by Gasteiger charge is -2.54. The summed E-state index contributed by atoms with van der Waals surface area (Å²) in [5, 5.41) is 6.67. The van der Waals surface area contributed by atoms with E-state index in [1.165, 1.54) is 48.4 Å². The average Bonchev–Trinajstić information content (AvgIpc) is 2.65. The smallest absolute Gasteiger partial charge is 0.124 e. The fourth-order valence-corrected chi connectivity index (χ4v) is 6.32. The predicted octanol–water partition coefficient (Wildman–Crippen LogP) is 5.54. The molecule has 0 amide bonds. The molecule has 0 spiro atoms. The molecule has 0 saturated heterocycles. The van der Waals surface area contributed by atoms with E-state index in [4.69, 9.17) is 4.74 Å². The quantitative estimate of drug-likeness (QED) is 0.739. The molecule has 6 rings (SSSR count). The molecule has 1 N–H and O–H groups in total. The van der Waals surface area contributed by atoms with Gasteiger partial charge in [-0.25, -0.2) is 0 Å². The highest BCUT2D eigenvalue weighted by molar-refractivity contribution is 5.87. The Balaban J connectivity index is 1.40. The van der Waals surface area contributed by atoms with Gasteiger partial charge in [-0.3, -0.25) is 0 Å². The van der Waals surface area contributed by atoms with Crippen molar-refractivity contribution in [1.29, 1.82) is 0 Å². The van der Waals surface area contributed by atoms with Gasteiger partial charge in [-0.1, -0.05) is 37.3 Å². The topological polar surface area (TPSA) is 21.3 Å². The second kappa shape index (κ2) is 6.88. The summed E-state index contributed by atoms with van der Waals surface area (Å²) in [6, 6.07) is 13.8. The zero-order chi connectivity index (χ0) is 17.5. The van der Waals surface area contributed by atoms with Crippen LogP contribution in [-0.4, -0.2) is 12.6 Å². The Kier molecular flexibility index (Phi) is 4.40. The summed E-state index contributed by atoms with van der Waals surface area (Å²) in [5.41, 5.74) is 1.35. The largest absolute Gasteiger partial charge is 0.493 e. The zero-order valence-electron chi connectivity index (χ0n) is 15.9. The molecule has 4 aliphatic carbocycles. The lowest BCUT2D eigenvalue weighted by molar-refractivity contribution is -0.0143. The van der Waals surface area contributed by atoms with Crippen molar-refractivity contribution in [2.24, 2.45) is 23.7 Å². The van der Waals surface area contributed by atoms with Crippen molar-refractivity contribution in [3.05, 3.63) is 42.0 Å². The highest BCUT2D eigenvalue weighted by Crippen LogP contribution is 2.53. The van der Waals surface area contributed by atoms with Crippen molar-refractivity contribution in [3.8, 4) is 5.75 Å². The molecular formula is C24H31NO. The van der Waals surface area contributed by atoms with Gasteiger partial charge in [0.25, 0.3) is 0 Å². The van der Waals surface area contributed by atoms with Crippen LogP contribution in [0.1, 0.15) is 51.0 Å². The first kappa shape index (κ1) is 16.6. The summed E-state index contributed by atoms with van der Waals surface area (Å²) in [6.07, 6.45) is 8.46. The van der Waals surface area contributed by atoms with Gasteiger partial charge in [0.15, 0.2) is 0 Å². The molecular weight excluding hydrogens is 318 g/mol. The second-order valence-electron chi connectivity index (χ2n) is 8.95. The molecule has 2 aromatic carbocycles. The standard InChI is InChI=1S/C24H31NO/c1-2-9-26-23-8-7-18-5-3-4-6-21(18)22(23)15-25-24-19-11-16-10-17(13-19)14-20(24)12-16/h3-8,16-17,19-20,24-25H,2,9-15H2,1H3. The normalized spacial score (nSPS) is 32.3. The van der Waals surface area contributed by atoms with Crippen molar-refractivity contribution in [3.63, 3.8) is 0 Å². The van der Waals surface area contributed by atoms with Gasteiger partial charge in [0.2, 0.25) is 0 Å². The van der Waals surface area contributed by atoms with Gasteiger partial charge in [0, 0.05) is 18.2 Å². The molecule has 0 radical (unpaired) electrons. The number of hydrogen-bond acceptors (Lipinski definition) is 2. The molecule has 0 aliphatic heterocycles. The zero-order valence-corrected chi connectivity index (χ0v) is 15.9. The van der Waals surface area contributed by atoms with E-state index in [1.54, 1.807) is 0 Å². The van der Waals surface area contributed by atoms with E-state index in [-0.39, 0.29) is 0 Å². The van der Waals surface area contributed by atoms with Crippen LogP contribution < -0.4 is 10.1 Å². The average molecular weight is 350 g/mol. The lowest BCUT2D eigenvalue weighted by Crippen LogP contribution is -2.54. The third-order valence-corrected chi connectivity index (χ3v) is 7.20. The Morgan fingerprint density at radius 3 is 2.38 bits per heavy atom. The summed E-state index contributed by atoms with van der Waals surface area (Å²) < 4.78 is 6.11. The van der Waals surface area contributed by atoms with Crippen molar-refractivity contribution >= 4 is 10.8 Å². The van der Waals surface area contributed by atoms with Crippen LogP contribution in [0.25, 0.3) is 10.8 Å². The summed E-state index contributed by atoms with van der Waals surface area (Å²) in [5.74, 6) is 4.98. The Morgan fingerprint density at radius 2 is 1.65 bits per heavy atom. The Morgan fingerprint density at radius 1 is 0.923 bits per heavy atom. The predicted molar refractivity (Wildman–Crippen MR) is 107 cm³/mol. The Hall–Kier alpha value is -1.54. The van der Waals surface area contributed by atoms with Crippen LogP contribution in [0.15, 0.2) is 36.4 Å². The van der Waals surface area contributed by atoms with Crippen LogP contribution in [0.3, 0.4) is 0 Å². The summed E-state index contributed by atoms with van der Waals surface area (Å²) in [7, 11) is 0. The first-order chi connectivity index (χ1) is 12.8. The molecule has 0 atom stereocenters. The van der Waals surface area contributed by atoms with Crippen molar-refractivity contribution in [2.75, 3.05) is 6.61 Å². The number of nitrogens with one attached hydrogen (secondary N) is 1. The number of fused-ring (bicyclic) bond motifs is 1. The minimum absolute atomic E-state index is 0.723. The maximum absolute atomic E-state index is 6.11. The first-order valence-electron chi connectivity index (χ1n) is 10.7. The van der Waals surface area contributed by atoms with Crippen LogP contribution in [0, 0.1) is 23.7 Å². The fourth-order valence-electron chi connectivity index (χ4n) is 6.32. The van der Waals surface area contributed by atoms with E-state index >= 15 is 0 Å². The maximum atomic E-state index is 6.11. The molecule has 4 saturated carbocycles. The molecule has 0 unspecified atom stereocenters. The monoisotopic (exact) mass is 349 g/mol. The highest BCUT2D eigenvalue weighted by atomic mass is 16.5.